The molecule has 5 heteroatoms. The van der Waals surface area contributed by atoms with Gasteiger partial charge in [-0.3, -0.25) is 4.79 Å². The number of amides is 1. The molecule has 16 heavy (non-hydrogen) atoms. The minimum Gasteiger partial charge on any atom is -0.352 e. The summed E-state index contributed by atoms with van der Waals surface area (Å²) in [5, 5.41) is 2.43. The van der Waals surface area contributed by atoms with E-state index in [1.54, 1.807) is 24.3 Å². The molecule has 0 aliphatic carbocycles. The van der Waals surface area contributed by atoms with Crippen LogP contribution in [-0.4, -0.2) is 12.1 Å². The number of hydrogen-bond acceptors (Lipinski definition) is 1. The Morgan fingerprint density at radius 1 is 1.19 bits per heavy atom. The molecule has 1 rings (SSSR count). The molecule has 0 saturated heterocycles. The minimum atomic E-state index is -4.27. The van der Waals surface area contributed by atoms with Gasteiger partial charge >= 0.3 is 6.18 Å². The highest BCUT2D eigenvalue weighted by molar-refractivity contribution is 5.75. The Balaban J connectivity index is 2.26. The summed E-state index contributed by atoms with van der Waals surface area (Å²) in [6.45, 7) is 0.261. The largest absolute Gasteiger partial charge is 0.389 e. The summed E-state index contributed by atoms with van der Waals surface area (Å²) in [5.74, 6) is -0.582. The van der Waals surface area contributed by atoms with E-state index in [0.717, 1.165) is 5.56 Å². The molecular weight excluding hydrogens is 219 g/mol. The van der Waals surface area contributed by atoms with Gasteiger partial charge in [-0.15, -0.1) is 0 Å². The van der Waals surface area contributed by atoms with Crippen molar-refractivity contribution in [2.24, 2.45) is 0 Å². The van der Waals surface area contributed by atoms with Crippen molar-refractivity contribution in [3.63, 3.8) is 0 Å². The molecule has 1 aromatic rings. The summed E-state index contributed by atoms with van der Waals surface area (Å²) in [6.07, 6.45) is -5.87. The smallest absolute Gasteiger partial charge is 0.352 e. The standard InChI is InChI=1S/C11H12F3NO/c12-11(13,14)7-6-10(16)15-8-9-4-2-1-3-5-9/h1-5H,6-8H2,(H,15,16). The number of hydrogen-bond donors (Lipinski definition) is 1. The second-order valence-corrected chi connectivity index (χ2v) is 3.38. The molecule has 0 unspecified atom stereocenters. The molecule has 0 aromatic heterocycles. The summed E-state index contributed by atoms with van der Waals surface area (Å²) in [6, 6.07) is 9.03. The van der Waals surface area contributed by atoms with Crippen LogP contribution in [0.2, 0.25) is 0 Å². The van der Waals surface area contributed by atoms with E-state index in [2.05, 4.69) is 5.32 Å². The van der Waals surface area contributed by atoms with Gasteiger partial charge in [-0.05, 0) is 5.56 Å². The SMILES string of the molecule is O=C(CCC(F)(F)F)NCc1ccccc1. The number of carbonyl (C=O) groups excluding carboxylic acids is 1. The first-order valence-corrected chi connectivity index (χ1v) is 4.85. The summed E-state index contributed by atoms with van der Waals surface area (Å²) in [7, 11) is 0. The van der Waals surface area contributed by atoms with Crippen LogP contribution < -0.4 is 5.32 Å². The summed E-state index contributed by atoms with van der Waals surface area (Å²) >= 11 is 0. The Morgan fingerprint density at radius 3 is 2.38 bits per heavy atom. The Kier molecular flexibility index (Phi) is 4.34. The monoisotopic (exact) mass is 231 g/mol. The van der Waals surface area contributed by atoms with Gasteiger partial charge in [0.15, 0.2) is 0 Å². The molecule has 0 bridgehead atoms. The highest BCUT2D eigenvalue weighted by Crippen LogP contribution is 2.20. The molecule has 0 fully saturated rings. The van der Waals surface area contributed by atoms with Gasteiger partial charge in [-0.25, -0.2) is 0 Å². The number of halogens is 3. The van der Waals surface area contributed by atoms with E-state index in [1.807, 2.05) is 6.07 Å². The molecule has 1 aromatic carbocycles. The average molecular weight is 231 g/mol. The van der Waals surface area contributed by atoms with Crippen LogP contribution in [0.1, 0.15) is 18.4 Å². The predicted molar refractivity (Wildman–Crippen MR) is 53.6 cm³/mol. The molecular formula is C11H12F3NO. The third-order valence-corrected chi connectivity index (χ3v) is 1.97. The second-order valence-electron chi connectivity index (χ2n) is 3.38. The lowest BCUT2D eigenvalue weighted by atomic mass is 10.2. The van der Waals surface area contributed by atoms with Gasteiger partial charge in [0.05, 0.1) is 6.42 Å². The molecule has 0 atom stereocenters. The summed E-state index contributed by atoms with van der Waals surface area (Å²) in [4.78, 5) is 11.1. The molecule has 88 valence electrons. The highest BCUT2D eigenvalue weighted by Gasteiger charge is 2.27. The van der Waals surface area contributed by atoms with Crippen LogP contribution in [0.5, 0.6) is 0 Å². The van der Waals surface area contributed by atoms with E-state index in [4.69, 9.17) is 0 Å². The molecule has 0 heterocycles. The molecule has 1 N–H and O–H groups in total. The average Bonchev–Trinajstić information content (AvgIpc) is 2.24. The second kappa shape index (κ2) is 5.53. The van der Waals surface area contributed by atoms with Crippen LogP contribution in [0.3, 0.4) is 0 Å². The maximum atomic E-state index is 11.8. The molecule has 2 nitrogen and oxygen atoms in total. The maximum absolute atomic E-state index is 11.8. The predicted octanol–water partition coefficient (Wildman–Crippen LogP) is 2.65. The summed E-state index contributed by atoms with van der Waals surface area (Å²) < 4.78 is 35.4. The van der Waals surface area contributed by atoms with Crippen LogP contribution >= 0.6 is 0 Å². The van der Waals surface area contributed by atoms with Gasteiger partial charge in [0.2, 0.25) is 5.91 Å². The Morgan fingerprint density at radius 2 is 1.81 bits per heavy atom. The van der Waals surface area contributed by atoms with Crippen molar-refractivity contribution >= 4 is 5.91 Å². The minimum absolute atomic E-state index is 0.261. The van der Waals surface area contributed by atoms with Crippen molar-refractivity contribution in [1.29, 1.82) is 0 Å². The zero-order valence-electron chi connectivity index (χ0n) is 8.55. The number of benzene rings is 1. The van der Waals surface area contributed by atoms with Gasteiger partial charge in [-0.1, -0.05) is 30.3 Å². The van der Waals surface area contributed by atoms with E-state index in [0.29, 0.717) is 0 Å². The molecule has 0 saturated carbocycles. The molecule has 0 radical (unpaired) electrons. The molecule has 0 aliphatic heterocycles. The number of rotatable bonds is 4. The molecule has 1 amide bonds. The normalized spacial score (nSPS) is 11.2. The van der Waals surface area contributed by atoms with E-state index in [-0.39, 0.29) is 6.54 Å². The lowest BCUT2D eigenvalue weighted by molar-refractivity contribution is -0.144. The first-order valence-electron chi connectivity index (χ1n) is 4.85. The highest BCUT2D eigenvalue weighted by atomic mass is 19.4. The van der Waals surface area contributed by atoms with Crippen LogP contribution in [0.15, 0.2) is 30.3 Å². The fraction of sp³-hybridized carbons (Fsp3) is 0.364. The first-order chi connectivity index (χ1) is 7.47. The van der Waals surface area contributed by atoms with Gasteiger partial charge in [-0.2, -0.15) is 13.2 Å². The van der Waals surface area contributed by atoms with Crippen molar-refractivity contribution in [2.45, 2.75) is 25.6 Å². The van der Waals surface area contributed by atoms with Crippen molar-refractivity contribution < 1.29 is 18.0 Å². The van der Waals surface area contributed by atoms with Crippen molar-refractivity contribution in [1.82, 2.24) is 5.32 Å². The van der Waals surface area contributed by atoms with Gasteiger partial charge in [0, 0.05) is 13.0 Å². The van der Waals surface area contributed by atoms with Crippen LogP contribution in [0, 0.1) is 0 Å². The lowest BCUT2D eigenvalue weighted by Gasteiger charge is -2.07. The Bertz CT molecular complexity index is 335. The molecule has 0 spiro atoms. The third-order valence-electron chi connectivity index (χ3n) is 1.97. The van der Waals surface area contributed by atoms with E-state index in [9.17, 15) is 18.0 Å². The third kappa shape index (κ3) is 5.38. The Labute approximate surface area is 91.5 Å². The van der Waals surface area contributed by atoms with E-state index in [1.165, 1.54) is 0 Å². The molecule has 0 aliphatic rings. The topological polar surface area (TPSA) is 29.1 Å². The van der Waals surface area contributed by atoms with Crippen molar-refractivity contribution in [3.05, 3.63) is 35.9 Å². The zero-order valence-corrected chi connectivity index (χ0v) is 8.55. The number of nitrogens with one attached hydrogen (secondary N) is 1. The number of carbonyl (C=O) groups is 1. The Hall–Kier alpha value is -1.52. The van der Waals surface area contributed by atoms with Crippen LogP contribution in [0.25, 0.3) is 0 Å². The van der Waals surface area contributed by atoms with E-state index < -0.39 is 24.9 Å². The van der Waals surface area contributed by atoms with Gasteiger partial charge in [0.25, 0.3) is 0 Å². The van der Waals surface area contributed by atoms with Crippen LogP contribution in [-0.2, 0) is 11.3 Å². The summed E-state index contributed by atoms with van der Waals surface area (Å²) in [5.41, 5.74) is 0.864. The van der Waals surface area contributed by atoms with Crippen LogP contribution in [0.4, 0.5) is 13.2 Å². The fourth-order valence-corrected chi connectivity index (χ4v) is 1.14. The fourth-order valence-electron chi connectivity index (χ4n) is 1.14. The maximum Gasteiger partial charge on any atom is 0.389 e. The van der Waals surface area contributed by atoms with Crippen molar-refractivity contribution in [3.8, 4) is 0 Å². The van der Waals surface area contributed by atoms with Gasteiger partial charge < -0.3 is 5.32 Å². The van der Waals surface area contributed by atoms with Crippen molar-refractivity contribution in [2.75, 3.05) is 0 Å². The van der Waals surface area contributed by atoms with Gasteiger partial charge in [0.1, 0.15) is 0 Å². The van der Waals surface area contributed by atoms with E-state index >= 15 is 0 Å². The lowest BCUT2D eigenvalue weighted by Crippen LogP contribution is -2.24. The zero-order chi connectivity index (χ0) is 12.0. The number of alkyl halides is 3. The first kappa shape index (κ1) is 12.5. The quantitative estimate of drug-likeness (QED) is 0.848.